The molecule has 0 radical (unpaired) electrons. The van der Waals surface area contributed by atoms with Crippen molar-refractivity contribution in [3.8, 4) is 0 Å². The third-order valence-electron chi connectivity index (χ3n) is 2.25. The van der Waals surface area contributed by atoms with E-state index in [0.717, 1.165) is 5.92 Å². The smallest absolute Gasteiger partial charge is 0.000680 e. The predicted octanol–water partition coefficient (Wildman–Crippen LogP) is 2.76. The van der Waals surface area contributed by atoms with Crippen LogP contribution in [0.15, 0.2) is 0 Å². The predicted molar refractivity (Wildman–Crippen MR) is 51.9 cm³/mol. The van der Waals surface area contributed by atoms with Gasteiger partial charge in [0, 0.05) is 6.54 Å². The minimum absolute atomic E-state index is 0.862. The Hall–Kier alpha value is -0.0400. The van der Waals surface area contributed by atoms with Crippen molar-refractivity contribution in [1.29, 1.82) is 0 Å². The molecule has 0 bridgehead atoms. The molecule has 0 rings (SSSR count). The van der Waals surface area contributed by atoms with Crippen LogP contribution in [0.2, 0.25) is 0 Å². The van der Waals surface area contributed by atoms with Gasteiger partial charge >= 0.3 is 0 Å². The first kappa shape index (κ1) is 11.0. The van der Waals surface area contributed by atoms with E-state index in [9.17, 15) is 0 Å². The number of rotatable bonds is 6. The zero-order chi connectivity index (χ0) is 8.69. The van der Waals surface area contributed by atoms with Crippen LogP contribution in [0.1, 0.15) is 40.5 Å². The molecule has 0 heterocycles. The Morgan fingerprint density at radius 1 is 1.18 bits per heavy atom. The maximum atomic E-state index is 2.54. The molecule has 0 aromatic heterocycles. The van der Waals surface area contributed by atoms with Gasteiger partial charge in [0.2, 0.25) is 0 Å². The summed E-state index contributed by atoms with van der Waals surface area (Å²) in [7, 11) is 0. The third kappa shape index (κ3) is 5.25. The second-order valence-corrected chi connectivity index (χ2v) is 3.41. The lowest BCUT2D eigenvalue weighted by Crippen LogP contribution is -2.28. The van der Waals surface area contributed by atoms with Crippen LogP contribution >= 0.6 is 0 Å². The molecule has 0 aliphatic heterocycles. The highest BCUT2D eigenvalue weighted by atomic mass is 15.1. The van der Waals surface area contributed by atoms with Crippen LogP contribution in [-0.2, 0) is 0 Å². The quantitative estimate of drug-likeness (QED) is 0.573. The zero-order valence-corrected chi connectivity index (χ0v) is 8.56. The highest BCUT2D eigenvalue weighted by molar-refractivity contribution is 4.58. The third-order valence-corrected chi connectivity index (χ3v) is 2.25. The maximum absolute atomic E-state index is 2.54. The average molecular weight is 157 g/mol. The standard InChI is InChI=1S/C10H23N/c1-5-8-11(7-3)9-10(4)6-2/h10H,5-9H2,1-4H3. The van der Waals surface area contributed by atoms with Gasteiger partial charge < -0.3 is 4.90 Å². The van der Waals surface area contributed by atoms with E-state index in [-0.39, 0.29) is 0 Å². The SMILES string of the molecule is CCCN(CC)CC(C)CC. The van der Waals surface area contributed by atoms with Gasteiger partial charge in [-0.2, -0.15) is 0 Å². The molecule has 0 N–H and O–H groups in total. The maximum Gasteiger partial charge on any atom is 0.000680 e. The summed E-state index contributed by atoms with van der Waals surface area (Å²) in [6.45, 7) is 12.8. The van der Waals surface area contributed by atoms with Crippen LogP contribution in [-0.4, -0.2) is 24.5 Å². The van der Waals surface area contributed by atoms with Crippen molar-refractivity contribution >= 4 is 0 Å². The molecule has 0 aliphatic carbocycles. The van der Waals surface area contributed by atoms with Gasteiger partial charge in [0.15, 0.2) is 0 Å². The molecule has 0 saturated heterocycles. The summed E-state index contributed by atoms with van der Waals surface area (Å²) in [4.78, 5) is 2.54. The highest BCUT2D eigenvalue weighted by Gasteiger charge is 2.04. The summed E-state index contributed by atoms with van der Waals surface area (Å²) in [5.74, 6) is 0.862. The minimum Gasteiger partial charge on any atom is -0.303 e. The molecule has 0 saturated carbocycles. The molecule has 1 unspecified atom stereocenters. The van der Waals surface area contributed by atoms with E-state index in [1.54, 1.807) is 0 Å². The Balaban J connectivity index is 3.49. The van der Waals surface area contributed by atoms with Crippen LogP contribution in [0.4, 0.5) is 0 Å². The van der Waals surface area contributed by atoms with Crippen molar-refractivity contribution in [2.75, 3.05) is 19.6 Å². The molecule has 0 aromatic carbocycles. The van der Waals surface area contributed by atoms with E-state index >= 15 is 0 Å². The summed E-state index contributed by atoms with van der Waals surface area (Å²) in [6.07, 6.45) is 2.59. The van der Waals surface area contributed by atoms with Crippen LogP contribution in [0, 0.1) is 5.92 Å². The second kappa shape index (κ2) is 6.66. The molecule has 11 heavy (non-hydrogen) atoms. The van der Waals surface area contributed by atoms with Crippen molar-refractivity contribution in [2.45, 2.75) is 40.5 Å². The lowest BCUT2D eigenvalue weighted by molar-refractivity contribution is 0.246. The fourth-order valence-corrected chi connectivity index (χ4v) is 1.26. The lowest BCUT2D eigenvalue weighted by atomic mass is 10.1. The van der Waals surface area contributed by atoms with E-state index < -0.39 is 0 Å². The molecule has 0 amide bonds. The first-order valence-corrected chi connectivity index (χ1v) is 4.96. The van der Waals surface area contributed by atoms with Crippen LogP contribution < -0.4 is 0 Å². The lowest BCUT2D eigenvalue weighted by Gasteiger charge is -2.22. The summed E-state index contributed by atoms with van der Waals surface area (Å²) in [5.41, 5.74) is 0. The summed E-state index contributed by atoms with van der Waals surface area (Å²) in [5, 5.41) is 0. The van der Waals surface area contributed by atoms with Crippen molar-refractivity contribution in [3.63, 3.8) is 0 Å². The van der Waals surface area contributed by atoms with Gasteiger partial charge in [-0.25, -0.2) is 0 Å². The van der Waals surface area contributed by atoms with E-state index in [1.165, 1.54) is 32.5 Å². The van der Waals surface area contributed by atoms with Crippen LogP contribution in [0.3, 0.4) is 0 Å². The van der Waals surface area contributed by atoms with Crippen LogP contribution in [0.5, 0.6) is 0 Å². The van der Waals surface area contributed by atoms with Gasteiger partial charge in [0.05, 0.1) is 0 Å². The van der Waals surface area contributed by atoms with E-state index in [2.05, 4.69) is 32.6 Å². The second-order valence-electron chi connectivity index (χ2n) is 3.41. The van der Waals surface area contributed by atoms with E-state index in [1.807, 2.05) is 0 Å². The van der Waals surface area contributed by atoms with Gasteiger partial charge in [-0.1, -0.05) is 34.1 Å². The molecule has 0 spiro atoms. The Labute approximate surface area is 71.8 Å². The number of hydrogen-bond acceptors (Lipinski definition) is 1. The summed E-state index contributed by atoms with van der Waals surface area (Å²) in [6, 6.07) is 0. The van der Waals surface area contributed by atoms with Gasteiger partial charge in [0.1, 0.15) is 0 Å². The fourth-order valence-electron chi connectivity index (χ4n) is 1.26. The molecule has 1 heteroatoms. The van der Waals surface area contributed by atoms with Gasteiger partial charge in [0.25, 0.3) is 0 Å². The van der Waals surface area contributed by atoms with Gasteiger partial charge in [-0.15, -0.1) is 0 Å². The fraction of sp³-hybridized carbons (Fsp3) is 1.00. The summed E-state index contributed by atoms with van der Waals surface area (Å²) < 4.78 is 0. The Bertz CT molecular complexity index is 80.9. The average Bonchev–Trinajstić information content (AvgIpc) is 2.03. The molecule has 68 valence electrons. The molecule has 0 aliphatic rings. The normalized spacial score (nSPS) is 13.9. The largest absolute Gasteiger partial charge is 0.303 e. The molecule has 1 nitrogen and oxygen atoms in total. The van der Waals surface area contributed by atoms with E-state index in [4.69, 9.17) is 0 Å². The highest BCUT2D eigenvalue weighted by Crippen LogP contribution is 2.03. The number of nitrogens with zero attached hydrogens (tertiary/aromatic N) is 1. The summed E-state index contributed by atoms with van der Waals surface area (Å²) >= 11 is 0. The first-order chi connectivity index (χ1) is 5.24. The number of hydrogen-bond donors (Lipinski definition) is 0. The molecular formula is C10H23N. The van der Waals surface area contributed by atoms with E-state index in [0.29, 0.717) is 0 Å². The zero-order valence-electron chi connectivity index (χ0n) is 8.56. The topological polar surface area (TPSA) is 3.24 Å². The molecular weight excluding hydrogens is 134 g/mol. The van der Waals surface area contributed by atoms with Crippen LogP contribution in [0.25, 0.3) is 0 Å². The monoisotopic (exact) mass is 157 g/mol. The first-order valence-electron chi connectivity index (χ1n) is 4.96. The minimum atomic E-state index is 0.862. The molecule has 1 atom stereocenters. The van der Waals surface area contributed by atoms with Gasteiger partial charge in [-0.3, -0.25) is 0 Å². The molecule has 0 aromatic rings. The Morgan fingerprint density at radius 2 is 1.82 bits per heavy atom. The Kier molecular flexibility index (Phi) is 6.63. The van der Waals surface area contributed by atoms with Crippen molar-refractivity contribution in [2.24, 2.45) is 5.92 Å². The molecule has 0 fully saturated rings. The van der Waals surface area contributed by atoms with Crippen molar-refractivity contribution in [1.82, 2.24) is 4.90 Å². The van der Waals surface area contributed by atoms with Gasteiger partial charge in [-0.05, 0) is 25.4 Å². The Morgan fingerprint density at radius 3 is 2.18 bits per heavy atom. The van der Waals surface area contributed by atoms with Crippen molar-refractivity contribution in [3.05, 3.63) is 0 Å². The van der Waals surface area contributed by atoms with Crippen molar-refractivity contribution < 1.29 is 0 Å².